The van der Waals surface area contributed by atoms with Gasteiger partial charge in [0.2, 0.25) is 0 Å². The molecule has 0 aliphatic carbocycles. The summed E-state index contributed by atoms with van der Waals surface area (Å²) in [5.74, 6) is 0.786. The Morgan fingerprint density at radius 3 is 2.31 bits per heavy atom. The lowest BCUT2D eigenvalue weighted by Crippen LogP contribution is -2.04. The molecular weight excluding hydrogens is 389 g/mol. The van der Waals surface area contributed by atoms with E-state index in [-0.39, 0.29) is 0 Å². The van der Waals surface area contributed by atoms with Gasteiger partial charge >= 0.3 is 0 Å². The molecule has 0 atom stereocenters. The van der Waals surface area contributed by atoms with Crippen molar-refractivity contribution in [3.63, 3.8) is 0 Å². The molecule has 0 saturated carbocycles. The maximum atomic E-state index is 6.22. The van der Waals surface area contributed by atoms with Crippen LogP contribution in [-0.2, 0) is 13.2 Å². The summed E-state index contributed by atoms with van der Waals surface area (Å²) in [7, 11) is 0. The minimum absolute atomic E-state index is 0.311. The van der Waals surface area contributed by atoms with Gasteiger partial charge in [-0.2, -0.15) is 0 Å². The van der Waals surface area contributed by atoms with E-state index in [1.807, 2.05) is 55.5 Å². The second-order valence-electron chi connectivity index (χ2n) is 5.91. The van der Waals surface area contributed by atoms with E-state index in [1.165, 1.54) is 0 Å². The topological polar surface area (TPSA) is 21.3 Å². The Bertz CT molecular complexity index is 891. The van der Waals surface area contributed by atoms with E-state index >= 15 is 0 Å². The van der Waals surface area contributed by atoms with Gasteiger partial charge in [-0.05, 0) is 42.8 Å². The van der Waals surface area contributed by atoms with Gasteiger partial charge in [-0.3, -0.25) is 0 Å². The van der Waals surface area contributed by atoms with Crippen LogP contribution in [0.1, 0.15) is 16.7 Å². The molecule has 0 heterocycles. The standard InChI is InChI=1S/C21H18Cl3NO/c1-14-9-10-16(11-20(14)24)25-12-15-5-2-3-8-21(15)26-13-17-18(22)6-4-7-19(17)23/h2-11,25H,12-13H2,1H3. The number of ether oxygens (including phenoxy) is 1. The lowest BCUT2D eigenvalue weighted by molar-refractivity contribution is 0.303. The molecule has 0 aromatic heterocycles. The van der Waals surface area contributed by atoms with E-state index in [9.17, 15) is 0 Å². The molecular formula is C21H18Cl3NO. The molecule has 0 aliphatic heterocycles. The molecule has 3 aromatic carbocycles. The summed E-state index contributed by atoms with van der Waals surface area (Å²) in [5.41, 5.74) is 3.83. The molecule has 26 heavy (non-hydrogen) atoms. The van der Waals surface area contributed by atoms with Crippen molar-refractivity contribution in [3.05, 3.63) is 92.4 Å². The molecule has 0 amide bonds. The van der Waals surface area contributed by atoms with E-state index in [0.717, 1.165) is 33.1 Å². The number of benzene rings is 3. The lowest BCUT2D eigenvalue weighted by Gasteiger charge is -2.14. The Kier molecular flexibility index (Phi) is 6.31. The summed E-state index contributed by atoms with van der Waals surface area (Å²) in [4.78, 5) is 0. The fourth-order valence-electron chi connectivity index (χ4n) is 2.51. The highest BCUT2D eigenvalue weighted by Gasteiger charge is 2.09. The molecule has 5 heteroatoms. The highest BCUT2D eigenvalue weighted by Crippen LogP contribution is 2.28. The highest BCUT2D eigenvalue weighted by molar-refractivity contribution is 6.36. The molecule has 0 unspecified atom stereocenters. The normalized spacial score (nSPS) is 10.6. The van der Waals surface area contributed by atoms with Crippen LogP contribution in [0, 0.1) is 6.92 Å². The van der Waals surface area contributed by atoms with Gasteiger partial charge in [0.15, 0.2) is 0 Å². The number of para-hydroxylation sites is 1. The summed E-state index contributed by atoms with van der Waals surface area (Å²) < 4.78 is 5.98. The number of hydrogen-bond acceptors (Lipinski definition) is 2. The molecule has 3 aromatic rings. The molecule has 1 N–H and O–H groups in total. The summed E-state index contributed by atoms with van der Waals surface area (Å²) in [6, 6.07) is 19.2. The Hall–Kier alpha value is -1.87. The fraction of sp³-hybridized carbons (Fsp3) is 0.143. The van der Waals surface area contributed by atoms with E-state index in [0.29, 0.717) is 23.2 Å². The first-order valence-electron chi connectivity index (χ1n) is 8.18. The minimum Gasteiger partial charge on any atom is -0.488 e. The van der Waals surface area contributed by atoms with Gasteiger partial charge in [-0.15, -0.1) is 0 Å². The monoisotopic (exact) mass is 405 g/mol. The van der Waals surface area contributed by atoms with Gasteiger partial charge in [-0.1, -0.05) is 65.1 Å². The highest BCUT2D eigenvalue weighted by atomic mass is 35.5. The summed E-state index contributed by atoms with van der Waals surface area (Å²) in [6.45, 7) is 2.91. The van der Waals surface area contributed by atoms with Crippen molar-refractivity contribution in [2.75, 3.05) is 5.32 Å². The molecule has 134 valence electrons. The van der Waals surface area contributed by atoms with Crippen molar-refractivity contribution in [1.29, 1.82) is 0 Å². The van der Waals surface area contributed by atoms with E-state index in [1.54, 1.807) is 12.1 Å². The van der Waals surface area contributed by atoms with Crippen molar-refractivity contribution in [3.8, 4) is 5.75 Å². The van der Waals surface area contributed by atoms with Gasteiger partial charge in [0, 0.05) is 38.4 Å². The SMILES string of the molecule is Cc1ccc(NCc2ccccc2OCc2c(Cl)cccc2Cl)cc1Cl. The zero-order chi connectivity index (χ0) is 18.5. The summed E-state index contributed by atoms with van der Waals surface area (Å²) >= 11 is 18.6. The van der Waals surface area contributed by atoms with Crippen LogP contribution < -0.4 is 10.1 Å². The maximum Gasteiger partial charge on any atom is 0.124 e. The third-order valence-corrected chi connectivity index (χ3v) is 5.18. The quantitative estimate of drug-likeness (QED) is 0.469. The molecule has 0 radical (unpaired) electrons. The first-order valence-corrected chi connectivity index (χ1v) is 9.31. The van der Waals surface area contributed by atoms with Gasteiger partial charge < -0.3 is 10.1 Å². The lowest BCUT2D eigenvalue weighted by atomic mass is 10.1. The van der Waals surface area contributed by atoms with Crippen molar-refractivity contribution < 1.29 is 4.74 Å². The van der Waals surface area contributed by atoms with Gasteiger partial charge in [0.05, 0.1) is 0 Å². The van der Waals surface area contributed by atoms with Crippen LogP contribution in [-0.4, -0.2) is 0 Å². The van der Waals surface area contributed by atoms with E-state index in [4.69, 9.17) is 39.5 Å². The molecule has 0 saturated heterocycles. The Balaban J connectivity index is 1.71. The number of rotatable bonds is 6. The first-order chi connectivity index (χ1) is 12.5. The third-order valence-electron chi connectivity index (χ3n) is 4.06. The number of nitrogens with one attached hydrogen (secondary N) is 1. The third kappa shape index (κ3) is 4.64. The predicted molar refractivity (Wildman–Crippen MR) is 111 cm³/mol. The average Bonchev–Trinajstić information content (AvgIpc) is 2.63. The van der Waals surface area contributed by atoms with Crippen molar-refractivity contribution in [2.24, 2.45) is 0 Å². The second kappa shape index (κ2) is 8.68. The van der Waals surface area contributed by atoms with Crippen LogP contribution in [0.5, 0.6) is 5.75 Å². The Morgan fingerprint density at radius 1 is 0.846 bits per heavy atom. The maximum absolute atomic E-state index is 6.22. The number of aryl methyl sites for hydroxylation is 1. The molecule has 2 nitrogen and oxygen atoms in total. The minimum atomic E-state index is 0.311. The zero-order valence-corrected chi connectivity index (χ0v) is 16.5. The molecule has 0 fully saturated rings. The Morgan fingerprint density at radius 2 is 1.58 bits per heavy atom. The van der Waals surface area contributed by atoms with E-state index in [2.05, 4.69) is 5.32 Å². The number of halogens is 3. The van der Waals surface area contributed by atoms with Crippen LogP contribution in [0.25, 0.3) is 0 Å². The largest absolute Gasteiger partial charge is 0.488 e. The van der Waals surface area contributed by atoms with Crippen molar-refractivity contribution >= 4 is 40.5 Å². The van der Waals surface area contributed by atoms with Gasteiger partial charge in [-0.25, -0.2) is 0 Å². The first kappa shape index (κ1) is 18.9. The van der Waals surface area contributed by atoms with Crippen LogP contribution in [0.15, 0.2) is 60.7 Å². The van der Waals surface area contributed by atoms with Gasteiger partial charge in [0.1, 0.15) is 12.4 Å². The number of anilines is 1. The summed E-state index contributed by atoms with van der Waals surface area (Å²) in [5, 5.41) is 5.32. The predicted octanol–water partition coefficient (Wildman–Crippen LogP) is 7.15. The molecule has 0 spiro atoms. The smallest absolute Gasteiger partial charge is 0.124 e. The van der Waals surface area contributed by atoms with Crippen LogP contribution in [0.4, 0.5) is 5.69 Å². The second-order valence-corrected chi connectivity index (χ2v) is 7.14. The van der Waals surface area contributed by atoms with Crippen LogP contribution in [0.2, 0.25) is 15.1 Å². The summed E-state index contributed by atoms with van der Waals surface area (Å²) in [6.07, 6.45) is 0. The van der Waals surface area contributed by atoms with Crippen molar-refractivity contribution in [1.82, 2.24) is 0 Å². The Labute approximate surface area is 168 Å². The zero-order valence-electron chi connectivity index (χ0n) is 14.2. The fourth-order valence-corrected chi connectivity index (χ4v) is 3.20. The molecule has 0 aliphatic rings. The van der Waals surface area contributed by atoms with Crippen LogP contribution >= 0.6 is 34.8 Å². The molecule has 3 rings (SSSR count). The average molecular weight is 407 g/mol. The van der Waals surface area contributed by atoms with E-state index < -0.39 is 0 Å². The van der Waals surface area contributed by atoms with Crippen LogP contribution in [0.3, 0.4) is 0 Å². The van der Waals surface area contributed by atoms with Gasteiger partial charge in [0.25, 0.3) is 0 Å². The molecule has 0 bridgehead atoms. The number of hydrogen-bond donors (Lipinski definition) is 1. The van der Waals surface area contributed by atoms with Crippen molar-refractivity contribution in [2.45, 2.75) is 20.1 Å².